The van der Waals surface area contributed by atoms with Crippen LogP contribution in [0.5, 0.6) is 0 Å². The molecule has 1 aromatic carbocycles. The Bertz CT molecular complexity index is 566. The number of nitrogens with two attached hydrogens (primary N) is 1. The second kappa shape index (κ2) is 5.58. The van der Waals surface area contributed by atoms with Crippen LogP contribution in [0.2, 0.25) is 0 Å². The smallest absolute Gasteiger partial charge is 0.250 e. The Hall–Kier alpha value is -2.69. The van der Waals surface area contributed by atoms with E-state index in [1.165, 1.54) is 6.08 Å². The molecule has 0 radical (unpaired) electrons. The van der Waals surface area contributed by atoms with Gasteiger partial charge in [0.05, 0.1) is 0 Å². The van der Waals surface area contributed by atoms with E-state index in [2.05, 4.69) is 15.3 Å². The Morgan fingerprint density at radius 3 is 2.72 bits per heavy atom. The lowest BCUT2D eigenvalue weighted by Crippen LogP contribution is -2.10. The fraction of sp³-hybridized carbons (Fsp3) is 0. The monoisotopic (exact) mass is 240 g/mol. The fourth-order valence-electron chi connectivity index (χ4n) is 1.35. The average Bonchev–Trinajstić information content (AvgIpc) is 2.38. The molecule has 0 atom stereocenters. The van der Waals surface area contributed by atoms with Crippen LogP contribution < -0.4 is 11.1 Å². The summed E-state index contributed by atoms with van der Waals surface area (Å²) in [4.78, 5) is 19.3. The van der Waals surface area contributed by atoms with Gasteiger partial charge in [-0.25, -0.2) is 9.97 Å². The van der Waals surface area contributed by atoms with Crippen LogP contribution in [0.4, 0.5) is 11.6 Å². The zero-order valence-corrected chi connectivity index (χ0v) is 9.58. The standard InChI is InChI=1S/C13H12N4O/c14-11-4-1-3-10(9-11)5-6-12(18)17-13-15-7-2-8-16-13/h1-9H,14H2,(H,15,16,17,18)/b6-5+. The number of hydrogen-bond donors (Lipinski definition) is 2. The molecule has 1 aromatic heterocycles. The molecule has 0 saturated heterocycles. The third kappa shape index (κ3) is 3.41. The first-order valence-corrected chi connectivity index (χ1v) is 5.36. The van der Waals surface area contributed by atoms with Crippen molar-refractivity contribution >= 4 is 23.6 Å². The Morgan fingerprint density at radius 2 is 2.00 bits per heavy atom. The van der Waals surface area contributed by atoms with Gasteiger partial charge in [0.2, 0.25) is 5.95 Å². The van der Waals surface area contributed by atoms with E-state index in [0.717, 1.165) is 5.56 Å². The molecule has 2 aromatic rings. The van der Waals surface area contributed by atoms with Crippen molar-refractivity contribution < 1.29 is 4.79 Å². The number of hydrogen-bond acceptors (Lipinski definition) is 4. The zero-order chi connectivity index (χ0) is 12.8. The van der Waals surface area contributed by atoms with Gasteiger partial charge in [0.15, 0.2) is 0 Å². The van der Waals surface area contributed by atoms with Crippen molar-refractivity contribution in [2.24, 2.45) is 0 Å². The van der Waals surface area contributed by atoms with Gasteiger partial charge >= 0.3 is 0 Å². The molecular weight excluding hydrogens is 228 g/mol. The fourth-order valence-corrected chi connectivity index (χ4v) is 1.35. The molecule has 0 saturated carbocycles. The second-order valence-electron chi connectivity index (χ2n) is 3.57. The van der Waals surface area contributed by atoms with Crippen molar-refractivity contribution in [2.45, 2.75) is 0 Å². The van der Waals surface area contributed by atoms with Crippen molar-refractivity contribution in [3.05, 3.63) is 54.4 Å². The number of benzene rings is 1. The third-order valence-corrected chi connectivity index (χ3v) is 2.14. The van der Waals surface area contributed by atoms with Crippen LogP contribution in [0.1, 0.15) is 5.56 Å². The summed E-state index contributed by atoms with van der Waals surface area (Å²) in [6, 6.07) is 8.93. The second-order valence-corrected chi connectivity index (χ2v) is 3.57. The molecule has 0 unspecified atom stereocenters. The van der Waals surface area contributed by atoms with E-state index in [1.54, 1.807) is 36.7 Å². The number of nitrogens with zero attached hydrogens (tertiary/aromatic N) is 2. The van der Waals surface area contributed by atoms with Gasteiger partial charge in [0, 0.05) is 24.2 Å². The lowest BCUT2D eigenvalue weighted by atomic mass is 10.2. The van der Waals surface area contributed by atoms with Crippen LogP contribution in [0.25, 0.3) is 6.08 Å². The number of anilines is 2. The maximum absolute atomic E-state index is 11.6. The predicted molar refractivity (Wildman–Crippen MR) is 70.6 cm³/mol. The minimum atomic E-state index is -0.288. The molecule has 5 nitrogen and oxygen atoms in total. The molecule has 0 spiro atoms. The third-order valence-electron chi connectivity index (χ3n) is 2.14. The van der Waals surface area contributed by atoms with Gasteiger partial charge in [-0.3, -0.25) is 10.1 Å². The van der Waals surface area contributed by atoms with Crippen molar-refractivity contribution in [1.82, 2.24) is 9.97 Å². The molecule has 1 amide bonds. The van der Waals surface area contributed by atoms with Crippen molar-refractivity contribution in [3.63, 3.8) is 0 Å². The highest BCUT2D eigenvalue weighted by molar-refractivity contribution is 6.00. The number of carbonyl (C=O) groups excluding carboxylic acids is 1. The topological polar surface area (TPSA) is 80.9 Å². The summed E-state index contributed by atoms with van der Waals surface area (Å²) < 4.78 is 0. The first-order chi connectivity index (χ1) is 8.74. The first-order valence-electron chi connectivity index (χ1n) is 5.36. The molecule has 0 bridgehead atoms. The highest BCUT2D eigenvalue weighted by Gasteiger charge is 1.98. The summed E-state index contributed by atoms with van der Waals surface area (Å²) >= 11 is 0. The Morgan fingerprint density at radius 1 is 1.22 bits per heavy atom. The van der Waals surface area contributed by atoms with Crippen LogP contribution in [0, 0.1) is 0 Å². The molecule has 0 fully saturated rings. The lowest BCUT2D eigenvalue weighted by Gasteiger charge is -1.98. The van der Waals surface area contributed by atoms with Gasteiger partial charge in [0.25, 0.3) is 5.91 Å². The Balaban J connectivity index is 1.99. The van der Waals surface area contributed by atoms with Crippen LogP contribution in [-0.2, 0) is 4.79 Å². The maximum atomic E-state index is 11.6. The van der Waals surface area contributed by atoms with E-state index in [0.29, 0.717) is 5.69 Å². The van der Waals surface area contributed by atoms with E-state index in [4.69, 9.17) is 5.73 Å². The number of amides is 1. The summed E-state index contributed by atoms with van der Waals surface area (Å²) in [5, 5.41) is 2.55. The van der Waals surface area contributed by atoms with E-state index < -0.39 is 0 Å². The zero-order valence-electron chi connectivity index (χ0n) is 9.58. The van der Waals surface area contributed by atoms with E-state index in [-0.39, 0.29) is 11.9 Å². The van der Waals surface area contributed by atoms with E-state index in [1.807, 2.05) is 12.1 Å². The molecule has 2 rings (SSSR count). The molecule has 3 N–H and O–H groups in total. The van der Waals surface area contributed by atoms with Crippen LogP contribution in [-0.4, -0.2) is 15.9 Å². The SMILES string of the molecule is Nc1cccc(/C=C/C(=O)Nc2ncccn2)c1. The molecule has 18 heavy (non-hydrogen) atoms. The predicted octanol–water partition coefficient (Wildman–Crippen LogP) is 1.71. The molecule has 90 valence electrons. The Labute approximate surface area is 104 Å². The summed E-state index contributed by atoms with van der Waals surface area (Å²) in [6.07, 6.45) is 6.20. The van der Waals surface area contributed by atoms with E-state index in [9.17, 15) is 4.79 Å². The molecule has 0 aliphatic carbocycles. The summed E-state index contributed by atoms with van der Waals surface area (Å²) in [6.45, 7) is 0. The summed E-state index contributed by atoms with van der Waals surface area (Å²) in [5.74, 6) is -0.0108. The van der Waals surface area contributed by atoms with Crippen molar-refractivity contribution in [3.8, 4) is 0 Å². The molecular formula is C13H12N4O. The van der Waals surface area contributed by atoms with Crippen LogP contribution in [0.3, 0.4) is 0 Å². The quantitative estimate of drug-likeness (QED) is 0.632. The van der Waals surface area contributed by atoms with Gasteiger partial charge in [0.1, 0.15) is 0 Å². The number of carbonyl (C=O) groups is 1. The largest absolute Gasteiger partial charge is 0.399 e. The molecule has 5 heteroatoms. The molecule has 0 aliphatic heterocycles. The van der Waals surface area contributed by atoms with Crippen molar-refractivity contribution in [1.29, 1.82) is 0 Å². The normalized spacial score (nSPS) is 10.4. The minimum Gasteiger partial charge on any atom is -0.399 e. The van der Waals surface area contributed by atoms with Gasteiger partial charge in [-0.05, 0) is 29.8 Å². The Kier molecular flexibility index (Phi) is 3.66. The summed E-state index contributed by atoms with van der Waals surface area (Å²) in [5.41, 5.74) is 7.15. The van der Waals surface area contributed by atoms with Gasteiger partial charge < -0.3 is 5.73 Å². The van der Waals surface area contributed by atoms with Crippen LogP contribution in [0.15, 0.2) is 48.8 Å². The maximum Gasteiger partial charge on any atom is 0.250 e. The average molecular weight is 240 g/mol. The highest BCUT2D eigenvalue weighted by Crippen LogP contribution is 2.08. The highest BCUT2D eigenvalue weighted by atomic mass is 16.1. The molecule has 1 heterocycles. The number of rotatable bonds is 3. The first kappa shape index (κ1) is 11.8. The van der Waals surface area contributed by atoms with Gasteiger partial charge in [-0.15, -0.1) is 0 Å². The van der Waals surface area contributed by atoms with Crippen molar-refractivity contribution in [2.75, 3.05) is 11.1 Å². The number of nitrogen functional groups attached to an aromatic ring is 1. The number of aromatic nitrogens is 2. The van der Waals surface area contributed by atoms with Crippen LogP contribution >= 0.6 is 0 Å². The van der Waals surface area contributed by atoms with Gasteiger partial charge in [-0.2, -0.15) is 0 Å². The number of nitrogens with one attached hydrogen (secondary N) is 1. The summed E-state index contributed by atoms with van der Waals surface area (Å²) in [7, 11) is 0. The molecule has 0 aliphatic rings. The van der Waals surface area contributed by atoms with Gasteiger partial charge in [-0.1, -0.05) is 12.1 Å². The van der Waals surface area contributed by atoms with E-state index >= 15 is 0 Å². The minimum absolute atomic E-state index is 0.278. The lowest BCUT2D eigenvalue weighted by molar-refractivity contribution is -0.111.